The van der Waals surface area contributed by atoms with Crippen LogP contribution in [0.3, 0.4) is 0 Å². The van der Waals surface area contributed by atoms with Crippen molar-refractivity contribution in [1.82, 2.24) is 4.90 Å². The molecule has 0 amide bonds. The fraction of sp³-hybridized carbons (Fsp3) is 0.480. The molecule has 0 bridgehead atoms. The first-order valence-electron chi connectivity index (χ1n) is 10.4. The fourth-order valence-corrected chi connectivity index (χ4v) is 4.11. The summed E-state index contributed by atoms with van der Waals surface area (Å²) in [6.45, 7) is 11.0. The van der Waals surface area contributed by atoms with Crippen LogP contribution >= 0.6 is 0 Å². The predicted molar refractivity (Wildman–Crippen MR) is 114 cm³/mol. The smallest absolute Gasteiger partial charge is 0.130 e. The van der Waals surface area contributed by atoms with Gasteiger partial charge in [0.05, 0.1) is 11.5 Å². The molecule has 0 aliphatic carbocycles. The minimum atomic E-state index is -1.20. The maximum atomic E-state index is 14.6. The summed E-state index contributed by atoms with van der Waals surface area (Å²) in [4.78, 5) is 2.37. The summed E-state index contributed by atoms with van der Waals surface area (Å²) in [5, 5.41) is 10.0. The van der Waals surface area contributed by atoms with Crippen LogP contribution in [0.4, 0.5) is 8.78 Å². The molecule has 0 saturated heterocycles. The Hall–Kier alpha value is -2.25. The van der Waals surface area contributed by atoms with Gasteiger partial charge in [0.25, 0.3) is 0 Å². The zero-order valence-electron chi connectivity index (χ0n) is 18.1. The second kappa shape index (κ2) is 9.98. The molecule has 0 fully saturated rings. The lowest BCUT2D eigenvalue weighted by molar-refractivity contribution is 0.137. The first-order chi connectivity index (χ1) is 13.7. The summed E-state index contributed by atoms with van der Waals surface area (Å²) in [5.74, 6) is -1.50. The standard InChI is InChI=1S/C25H32F2N2/c1-18(2)25(17-28,24-22(26)12-9-13-23(24)27)15-14-20(5)29(19(3)4)16-21-10-7-6-8-11-21/h6-13,18-20H,14-16H2,1-5H3. The maximum absolute atomic E-state index is 14.6. The van der Waals surface area contributed by atoms with Crippen molar-refractivity contribution in [3.05, 3.63) is 71.3 Å². The number of hydrogen-bond acceptors (Lipinski definition) is 2. The van der Waals surface area contributed by atoms with Gasteiger partial charge >= 0.3 is 0 Å². The average Bonchev–Trinajstić information content (AvgIpc) is 2.68. The number of rotatable bonds is 9. The van der Waals surface area contributed by atoms with Gasteiger partial charge in [-0.1, -0.05) is 50.2 Å². The number of nitriles is 1. The Morgan fingerprint density at radius 3 is 2.00 bits per heavy atom. The topological polar surface area (TPSA) is 27.0 Å². The van der Waals surface area contributed by atoms with E-state index in [9.17, 15) is 14.0 Å². The molecule has 0 aromatic heterocycles. The Kier molecular flexibility index (Phi) is 7.93. The average molecular weight is 399 g/mol. The van der Waals surface area contributed by atoms with E-state index in [-0.39, 0.29) is 17.5 Å². The molecule has 0 radical (unpaired) electrons. The predicted octanol–water partition coefficient (Wildman–Crippen LogP) is 6.46. The van der Waals surface area contributed by atoms with E-state index in [2.05, 4.69) is 43.9 Å². The van der Waals surface area contributed by atoms with Gasteiger partial charge in [0.1, 0.15) is 11.6 Å². The van der Waals surface area contributed by atoms with Crippen LogP contribution in [0, 0.1) is 28.9 Å². The molecule has 2 atom stereocenters. The molecule has 2 nitrogen and oxygen atoms in total. The molecule has 0 heterocycles. The monoisotopic (exact) mass is 398 g/mol. The normalized spacial score (nSPS) is 14.8. The fourth-order valence-electron chi connectivity index (χ4n) is 4.11. The second-order valence-electron chi connectivity index (χ2n) is 8.47. The summed E-state index contributed by atoms with van der Waals surface area (Å²) < 4.78 is 29.2. The maximum Gasteiger partial charge on any atom is 0.130 e. The molecule has 2 unspecified atom stereocenters. The van der Waals surface area contributed by atoms with E-state index < -0.39 is 17.0 Å². The minimum absolute atomic E-state index is 0.0937. The Balaban J connectivity index is 2.27. The lowest BCUT2D eigenvalue weighted by atomic mass is 9.69. The molecule has 0 N–H and O–H groups in total. The Labute approximate surface area is 174 Å². The lowest BCUT2D eigenvalue weighted by Gasteiger charge is -2.37. The Morgan fingerprint density at radius 1 is 0.931 bits per heavy atom. The quantitative estimate of drug-likeness (QED) is 0.484. The van der Waals surface area contributed by atoms with Crippen LogP contribution in [-0.4, -0.2) is 17.0 Å². The largest absolute Gasteiger partial charge is 0.294 e. The van der Waals surface area contributed by atoms with E-state index >= 15 is 0 Å². The molecule has 0 aliphatic heterocycles. The number of nitrogens with zero attached hydrogens (tertiary/aromatic N) is 2. The van der Waals surface area contributed by atoms with E-state index in [1.165, 1.54) is 23.8 Å². The number of hydrogen-bond donors (Lipinski definition) is 0. The molecule has 4 heteroatoms. The molecule has 2 rings (SSSR count). The van der Waals surface area contributed by atoms with E-state index in [1.807, 2.05) is 32.0 Å². The first kappa shape index (κ1) is 23.0. The van der Waals surface area contributed by atoms with Crippen LogP contribution in [0.1, 0.15) is 58.6 Å². The van der Waals surface area contributed by atoms with E-state index in [0.717, 1.165) is 6.54 Å². The first-order valence-corrected chi connectivity index (χ1v) is 10.4. The summed E-state index contributed by atoms with van der Waals surface area (Å²) >= 11 is 0. The summed E-state index contributed by atoms with van der Waals surface area (Å²) in [7, 11) is 0. The van der Waals surface area contributed by atoms with Gasteiger partial charge < -0.3 is 0 Å². The van der Waals surface area contributed by atoms with Crippen molar-refractivity contribution < 1.29 is 8.78 Å². The third-order valence-corrected chi connectivity index (χ3v) is 5.99. The van der Waals surface area contributed by atoms with Gasteiger partial charge in [0, 0.05) is 24.2 Å². The van der Waals surface area contributed by atoms with Crippen LogP contribution in [-0.2, 0) is 12.0 Å². The van der Waals surface area contributed by atoms with Crippen molar-refractivity contribution in [2.45, 2.75) is 71.5 Å². The van der Waals surface area contributed by atoms with Gasteiger partial charge in [-0.2, -0.15) is 5.26 Å². The summed E-state index contributed by atoms with van der Waals surface area (Å²) in [5.41, 5.74) is -0.0634. The highest BCUT2D eigenvalue weighted by molar-refractivity contribution is 5.36. The van der Waals surface area contributed by atoms with Gasteiger partial charge in [0.2, 0.25) is 0 Å². The highest BCUT2D eigenvalue weighted by atomic mass is 19.1. The summed E-state index contributed by atoms with van der Waals surface area (Å²) in [6, 6.07) is 16.8. The highest BCUT2D eigenvalue weighted by Gasteiger charge is 2.41. The second-order valence-corrected chi connectivity index (χ2v) is 8.47. The van der Waals surface area contributed by atoms with E-state index in [4.69, 9.17) is 0 Å². The zero-order valence-corrected chi connectivity index (χ0v) is 18.1. The van der Waals surface area contributed by atoms with Crippen molar-refractivity contribution in [2.24, 2.45) is 5.92 Å². The third kappa shape index (κ3) is 5.22. The molecular formula is C25H32F2N2. The van der Waals surface area contributed by atoms with E-state index in [1.54, 1.807) is 0 Å². The lowest BCUT2D eigenvalue weighted by Crippen LogP contribution is -2.40. The molecule has 0 saturated carbocycles. The summed E-state index contributed by atoms with van der Waals surface area (Å²) in [6.07, 6.45) is 1.07. The van der Waals surface area contributed by atoms with Gasteiger partial charge in [-0.05, 0) is 57.2 Å². The molecule has 2 aromatic rings. The third-order valence-electron chi connectivity index (χ3n) is 5.99. The van der Waals surface area contributed by atoms with Crippen molar-refractivity contribution in [3.63, 3.8) is 0 Å². The van der Waals surface area contributed by atoms with Crippen LogP contribution in [0.15, 0.2) is 48.5 Å². The Bertz CT molecular complexity index is 806. The number of halogens is 2. The molecule has 0 spiro atoms. The molecule has 156 valence electrons. The molecule has 29 heavy (non-hydrogen) atoms. The van der Waals surface area contributed by atoms with Crippen molar-refractivity contribution >= 4 is 0 Å². The van der Waals surface area contributed by atoms with Gasteiger partial charge in [-0.15, -0.1) is 0 Å². The van der Waals surface area contributed by atoms with Gasteiger partial charge in [0.15, 0.2) is 0 Å². The zero-order chi connectivity index (χ0) is 21.6. The van der Waals surface area contributed by atoms with Crippen LogP contribution in [0.2, 0.25) is 0 Å². The molecule has 2 aromatic carbocycles. The van der Waals surface area contributed by atoms with Crippen molar-refractivity contribution in [1.29, 1.82) is 5.26 Å². The minimum Gasteiger partial charge on any atom is -0.294 e. The van der Waals surface area contributed by atoms with Gasteiger partial charge in [-0.3, -0.25) is 4.90 Å². The highest BCUT2D eigenvalue weighted by Crippen LogP contribution is 2.40. The Morgan fingerprint density at radius 2 is 1.52 bits per heavy atom. The van der Waals surface area contributed by atoms with Gasteiger partial charge in [-0.25, -0.2) is 8.78 Å². The van der Waals surface area contributed by atoms with Crippen LogP contribution < -0.4 is 0 Å². The van der Waals surface area contributed by atoms with Crippen LogP contribution in [0.5, 0.6) is 0 Å². The molecular weight excluding hydrogens is 366 g/mol. The molecule has 0 aliphatic rings. The number of benzene rings is 2. The van der Waals surface area contributed by atoms with Crippen molar-refractivity contribution in [3.8, 4) is 6.07 Å². The van der Waals surface area contributed by atoms with E-state index in [0.29, 0.717) is 18.9 Å². The SMILES string of the molecule is CC(C)N(Cc1ccccc1)C(C)CCC(C#N)(c1c(F)cccc1F)C(C)C. The van der Waals surface area contributed by atoms with Crippen LogP contribution in [0.25, 0.3) is 0 Å². The van der Waals surface area contributed by atoms with Crippen molar-refractivity contribution in [2.75, 3.05) is 0 Å².